The average molecular weight is 1230 g/mol. The number of halogens is 1. The second-order valence-corrected chi connectivity index (χ2v) is 22.1. The topological polar surface area (TPSA) is 151 Å². The molecule has 0 saturated carbocycles. The number of anilines is 1. The van der Waals surface area contributed by atoms with Crippen LogP contribution in [0.3, 0.4) is 0 Å². The number of hydrogen-bond acceptors (Lipinski definition) is 17. The number of aryl methyl sites for hydroxylation is 1. The monoisotopic (exact) mass is 1230 g/mol. The molecule has 0 spiro atoms. The lowest BCUT2D eigenvalue weighted by molar-refractivity contribution is 0.0341. The molecule has 0 radical (unpaired) electrons. The molecule has 6 aliphatic heterocycles. The highest BCUT2D eigenvalue weighted by Crippen LogP contribution is 2.16. The maximum absolute atomic E-state index is 10.4. The highest BCUT2D eigenvalue weighted by molar-refractivity contribution is 9.10. The molecule has 0 unspecified atom stereocenters. The van der Waals surface area contributed by atoms with Crippen LogP contribution in [0.25, 0.3) is 0 Å². The molecule has 18 heteroatoms. The van der Waals surface area contributed by atoms with Crippen molar-refractivity contribution in [3.05, 3.63) is 189 Å². The Morgan fingerprint density at radius 2 is 0.824 bits per heavy atom. The number of rotatable bonds is 13. The zero-order chi connectivity index (χ0) is 59.4. The number of ether oxygens (including phenoxy) is 7. The van der Waals surface area contributed by atoms with Gasteiger partial charge in [0.25, 0.3) is 0 Å². The number of hydrogen-bond donors (Lipinski definition) is 0. The number of carbonyl (C=O) groups is 1. The normalized spacial score (nSPS) is 17.8. The molecule has 85 heavy (non-hydrogen) atoms. The van der Waals surface area contributed by atoms with Gasteiger partial charge in [0.2, 0.25) is 5.95 Å². The number of benzene rings is 5. The molecule has 0 bridgehead atoms. The minimum absolute atomic E-state index is 0.502. The van der Waals surface area contributed by atoms with Gasteiger partial charge < -0.3 is 38.1 Å². The van der Waals surface area contributed by atoms with Crippen LogP contribution in [-0.2, 0) is 61.1 Å². The lowest BCUT2D eigenvalue weighted by atomic mass is 10.1. The first-order chi connectivity index (χ1) is 41.8. The van der Waals surface area contributed by atoms with Crippen molar-refractivity contribution in [2.24, 2.45) is 0 Å². The molecule has 6 saturated heterocycles. The summed E-state index contributed by atoms with van der Waals surface area (Å²) in [5.41, 5.74) is 9.27. The molecular formula is C67H88BrN9O8. The number of carbonyl (C=O) groups excluding carboxylic acids is 1. The van der Waals surface area contributed by atoms with E-state index in [0.717, 1.165) is 199 Å². The van der Waals surface area contributed by atoms with Gasteiger partial charge in [0.15, 0.2) is 6.29 Å². The van der Waals surface area contributed by atoms with Gasteiger partial charge in [0.05, 0.1) is 104 Å². The number of nitriles is 1. The van der Waals surface area contributed by atoms with Gasteiger partial charge in [-0.15, -0.1) is 0 Å². The molecule has 12 rings (SSSR count). The Bertz CT molecular complexity index is 2680. The first-order valence-corrected chi connectivity index (χ1v) is 30.7. The van der Waals surface area contributed by atoms with Gasteiger partial charge >= 0.3 is 0 Å². The fourth-order valence-electron chi connectivity index (χ4n) is 9.74. The second-order valence-electron chi connectivity index (χ2n) is 21.2. The summed E-state index contributed by atoms with van der Waals surface area (Å²) in [6, 6.07) is 46.1. The molecule has 7 heterocycles. The van der Waals surface area contributed by atoms with Gasteiger partial charge in [0, 0.05) is 128 Å². The van der Waals surface area contributed by atoms with Crippen LogP contribution < -0.4 is 9.64 Å². The number of methoxy groups -OCH3 is 1. The Balaban J connectivity index is 0.000000146. The van der Waals surface area contributed by atoms with Crippen LogP contribution in [0.2, 0.25) is 0 Å². The Hall–Kier alpha value is -6.02. The van der Waals surface area contributed by atoms with Crippen molar-refractivity contribution in [3.63, 3.8) is 0 Å². The van der Waals surface area contributed by atoms with E-state index in [2.05, 4.69) is 160 Å². The van der Waals surface area contributed by atoms with Gasteiger partial charge in [-0.05, 0) is 71.1 Å². The zero-order valence-corrected chi connectivity index (χ0v) is 51.6. The number of aldehydes is 1. The Labute approximate surface area is 513 Å². The summed E-state index contributed by atoms with van der Waals surface area (Å²) in [5.74, 6) is 1.58. The Kier molecular flexibility index (Phi) is 31.0. The summed E-state index contributed by atoms with van der Waals surface area (Å²) in [6.45, 7) is 29.2. The maximum Gasteiger partial charge on any atom is 0.225 e. The average Bonchev–Trinajstić information content (AvgIpc) is 3.58. The molecule has 6 fully saturated rings. The van der Waals surface area contributed by atoms with Crippen molar-refractivity contribution in [2.75, 3.05) is 170 Å². The predicted molar refractivity (Wildman–Crippen MR) is 337 cm³/mol. The summed E-state index contributed by atoms with van der Waals surface area (Å²) in [6.07, 6.45) is 3.80. The van der Waals surface area contributed by atoms with Crippen molar-refractivity contribution in [1.82, 2.24) is 34.5 Å². The summed E-state index contributed by atoms with van der Waals surface area (Å²) < 4.78 is 38.0. The third kappa shape index (κ3) is 26.6. The molecule has 6 aromatic rings. The number of nitrogens with zero attached hydrogens (tertiary/aromatic N) is 9. The Morgan fingerprint density at radius 1 is 0.471 bits per heavy atom. The van der Waals surface area contributed by atoms with E-state index in [4.69, 9.17) is 38.4 Å². The SMILES string of the molecule is Brc1ccc(CN2CCOCC2)cc1.COc1ccc(CN2CCOCC2)cc1.Cc1ccc(CN2CCOCC2)cc1.N#Cc1cccc(CN2CCOCC2)c1.O=Cc1cnc(N2CCOCC2)nc1.c1ccc(CN2CCOCC2)cc1. The molecular weight excluding hydrogens is 1140 g/mol. The van der Waals surface area contributed by atoms with Crippen LogP contribution >= 0.6 is 15.9 Å². The molecule has 0 N–H and O–H groups in total. The maximum atomic E-state index is 10.4. The summed E-state index contributed by atoms with van der Waals surface area (Å²) >= 11 is 3.44. The lowest BCUT2D eigenvalue weighted by Crippen LogP contribution is -2.37. The van der Waals surface area contributed by atoms with Crippen LogP contribution in [0.4, 0.5) is 5.95 Å². The standard InChI is InChI=1S/C12H14N2O.C12H17NO2.C12H17NO.C11H14BrNO.C11H15NO.C9H11N3O2/c13-9-11-2-1-3-12(8-11)10-14-4-6-15-7-5-14;1-14-12-4-2-11(3-5-12)10-13-6-8-15-9-7-13;1-11-2-4-12(5-3-11)10-13-6-8-14-9-7-13;12-11-3-1-10(2-4-11)9-13-5-7-14-8-6-13;1-2-4-11(5-3-1)10-12-6-8-13-9-7-12;13-7-8-5-10-9(11-6-8)12-1-3-14-4-2-12/h1-3,8H,4-7,10H2;2-5H,6-10H2,1H3;2-5H,6-10H2,1H3;1-4H,5-9H2;1-5H,6-10H2;5-7H,1-4H2. The lowest BCUT2D eigenvalue weighted by Gasteiger charge is -2.26. The fraction of sp³-hybridized carbons (Fsp3) is 0.463. The molecule has 456 valence electrons. The number of aromatic nitrogens is 2. The molecule has 6 aliphatic rings. The van der Waals surface area contributed by atoms with E-state index in [1.165, 1.54) is 45.8 Å². The van der Waals surface area contributed by atoms with E-state index in [1.807, 2.05) is 35.2 Å². The van der Waals surface area contributed by atoms with Gasteiger partial charge in [0.1, 0.15) is 5.75 Å². The van der Waals surface area contributed by atoms with E-state index >= 15 is 0 Å². The molecule has 0 atom stereocenters. The van der Waals surface area contributed by atoms with Gasteiger partial charge in [-0.3, -0.25) is 29.3 Å². The molecule has 17 nitrogen and oxygen atoms in total. The highest BCUT2D eigenvalue weighted by atomic mass is 79.9. The fourth-order valence-corrected chi connectivity index (χ4v) is 10.0. The molecule has 0 aliphatic carbocycles. The van der Waals surface area contributed by atoms with E-state index < -0.39 is 0 Å². The minimum Gasteiger partial charge on any atom is -0.497 e. The molecule has 5 aromatic carbocycles. The molecule has 0 amide bonds. The van der Waals surface area contributed by atoms with Crippen molar-refractivity contribution in [3.8, 4) is 11.8 Å². The summed E-state index contributed by atoms with van der Waals surface area (Å²) in [7, 11) is 1.69. The highest BCUT2D eigenvalue weighted by Gasteiger charge is 2.16. The minimum atomic E-state index is 0.502. The van der Waals surface area contributed by atoms with Crippen LogP contribution in [0.1, 0.15) is 49.3 Å². The second kappa shape index (κ2) is 39.6. The van der Waals surface area contributed by atoms with Crippen molar-refractivity contribution in [1.29, 1.82) is 5.26 Å². The van der Waals surface area contributed by atoms with Gasteiger partial charge in [-0.2, -0.15) is 5.26 Å². The smallest absolute Gasteiger partial charge is 0.225 e. The van der Waals surface area contributed by atoms with E-state index in [0.29, 0.717) is 24.7 Å². The van der Waals surface area contributed by atoms with Crippen LogP contribution in [-0.4, -0.2) is 206 Å². The largest absolute Gasteiger partial charge is 0.497 e. The Morgan fingerprint density at radius 3 is 1.21 bits per heavy atom. The van der Waals surface area contributed by atoms with Crippen molar-refractivity contribution >= 4 is 28.2 Å². The zero-order valence-electron chi connectivity index (χ0n) is 50.0. The summed E-state index contributed by atoms with van der Waals surface area (Å²) in [4.78, 5) is 32.7. The van der Waals surface area contributed by atoms with Crippen LogP contribution in [0.15, 0.2) is 144 Å². The summed E-state index contributed by atoms with van der Waals surface area (Å²) in [5, 5.41) is 8.78. The predicted octanol–water partition coefficient (Wildman–Crippen LogP) is 8.67. The first-order valence-electron chi connectivity index (χ1n) is 29.9. The van der Waals surface area contributed by atoms with Gasteiger partial charge in [-0.25, -0.2) is 9.97 Å². The van der Waals surface area contributed by atoms with Gasteiger partial charge in [-0.1, -0.05) is 112 Å². The van der Waals surface area contributed by atoms with Crippen molar-refractivity contribution in [2.45, 2.75) is 39.6 Å². The van der Waals surface area contributed by atoms with E-state index in [-0.39, 0.29) is 0 Å². The third-order valence-corrected chi connectivity index (χ3v) is 15.3. The first kappa shape index (κ1) is 66.5. The molecule has 1 aromatic heterocycles. The van der Waals surface area contributed by atoms with Crippen molar-refractivity contribution < 1.29 is 38.0 Å². The van der Waals surface area contributed by atoms with E-state index in [9.17, 15) is 4.79 Å². The van der Waals surface area contributed by atoms with Crippen LogP contribution in [0.5, 0.6) is 5.75 Å². The van der Waals surface area contributed by atoms with Crippen LogP contribution in [0, 0.1) is 18.3 Å². The third-order valence-electron chi connectivity index (χ3n) is 14.7. The quantitative estimate of drug-likeness (QED) is 0.101. The number of morpholine rings is 6. The van der Waals surface area contributed by atoms with E-state index in [1.54, 1.807) is 7.11 Å².